The van der Waals surface area contributed by atoms with Crippen LogP contribution in [0.2, 0.25) is 0 Å². The molecule has 2 aromatic rings. The highest BCUT2D eigenvalue weighted by Crippen LogP contribution is 2.31. The van der Waals surface area contributed by atoms with Gasteiger partial charge in [0.2, 0.25) is 23.6 Å². The minimum atomic E-state index is -0.681. The molecule has 4 heterocycles. The van der Waals surface area contributed by atoms with Crippen molar-refractivity contribution in [3.05, 3.63) is 69.8 Å². The quantitative estimate of drug-likeness (QED) is 0.216. The fourth-order valence-corrected chi connectivity index (χ4v) is 7.04. The Morgan fingerprint density at radius 2 is 1.27 bits per heavy atom. The van der Waals surface area contributed by atoms with E-state index in [2.05, 4.69) is 22.5 Å². The van der Waals surface area contributed by atoms with Gasteiger partial charge in [0.1, 0.15) is 17.9 Å². The second-order valence-corrected chi connectivity index (χ2v) is 12.9. The highest BCUT2D eigenvalue weighted by atomic mass is 16.2. The molecule has 0 aliphatic carbocycles. The second kappa shape index (κ2) is 14.3. The monoisotopic (exact) mass is 650 g/mol. The SMILES string of the molecule is O=C(CCCCCCCC#Cc1cccc2c1CN(C1CCC(=O)NC1=O)C2=O)Cc1cccc2c1CN(C1CCC(=O)NC1=O)C2=O. The number of rotatable bonds is 11. The smallest absolute Gasteiger partial charge is 0.255 e. The van der Waals surface area contributed by atoms with E-state index in [0.29, 0.717) is 43.4 Å². The largest absolute Gasteiger partial charge is 0.322 e. The molecule has 48 heavy (non-hydrogen) atoms. The highest BCUT2D eigenvalue weighted by Gasteiger charge is 2.41. The zero-order valence-corrected chi connectivity index (χ0v) is 26.8. The average Bonchev–Trinajstić information content (AvgIpc) is 3.57. The first-order chi connectivity index (χ1) is 23.2. The van der Waals surface area contributed by atoms with Crippen molar-refractivity contribution in [1.82, 2.24) is 20.4 Å². The summed E-state index contributed by atoms with van der Waals surface area (Å²) in [4.78, 5) is 89.7. The molecule has 6 rings (SSSR count). The molecule has 2 fully saturated rings. The minimum absolute atomic E-state index is 0.117. The van der Waals surface area contributed by atoms with E-state index in [0.717, 1.165) is 54.4 Å². The number of ketones is 1. The van der Waals surface area contributed by atoms with Crippen LogP contribution in [0.3, 0.4) is 0 Å². The molecule has 2 saturated heterocycles. The van der Waals surface area contributed by atoms with Gasteiger partial charge in [-0.2, -0.15) is 0 Å². The Labute approximate surface area is 278 Å². The van der Waals surface area contributed by atoms with Gasteiger partial charge in [-0.1, -0.05) is 49.3 Å². The summed E-state index contributed by atoms with van der Waals surface area (Å²) in [6.07, 6.45) is 7.06. The average molecular weight is 651 g/mol. The summed E-state index contributed by atoms with van der Waals surface area (Å²) in [5, 5.41) is 4.64. The molecule has 11 nitrogen and oxygen atoms in total. The molecule has 6 amide bonds. The first-order valence-corrected chi connectivity index (χ1v) is 16.7. The summed E-state index contributed by atoms with van der Waals surface area (Å²) < 4.78 is 0. The van der Waals surface area contributed by atoms with Gasteiger partial charge in [-0.15, -0.1) is 0 Å². The van der Waals surface area contributed by atoms with Gasteiger partial charge in [-0.3, -0.25) is 44.2 Å². The molecule has 0 aromatic heterocycles. The van der Waals surface area contributed by atoms with Gasteiger partial charge in [-0.25, -0.2) is 0 Å². The summed E-state index contributed by atoms with van der Waals surface area (Å²) in [6, 6.07) is 9.49. The van der Waals surface area contributed by atoms with Crippen molar-refractivity contribution in [3.8, 4) is 11.8 Å². The van der Waals surface area contributed by atoms with Crippen LogP contribution >= 0.6 is 0 Å². The number of imide groups is 2. The maximum Gasteiger partial charge on any atom is 0.255 e. The van der Waals surface area contributed by atoms with Crippen molar-refractivity contribution >= 4 is 41.2 Å². The molecule has 2 N–H and O–H groups in total. The maximum absolute atomic E-state index is 13.0. The normalized spacial score (nSPS) is 20.2. The number of Topliss-reactive ketones (excluding diaryl/α,β-unsaturated/α-hetero) is 1. The lowest BCUT2D eigenvalue weighted by Crippen LogP contribution is -2.52. The lowest BCUT2D eigenvalue weighted by atomic mass is 9.97. The number of nitrogens with zero attached hydrogens (tertiary/aromatic N) is 2. The van der Waals surface area contributed by atoms with E-state index >= 15 is 0 Å². The van der Waals surface area contributed by atoms with Gasteiger partial charge in [0.15, 0.2) is 0 Å². The number of hydrogen-bond acceptors (Lipinski definition) is 7. The first kappa shape index (κ1) is 32.8. The topological polar surface area (TPSA) is 150 Å². The third-order valence-electron chi connectivity index (χ3n) is 9.63. The van der Waals surface area contributed by atoms with Gasteiger partial charge in [0.25, 0.3) is 11.8 Å². The standard InChI is InChI=1S/C37H38N4O7/c42-25(20-24-12-9-15-27-29(24)22-41(37(27)48)31-17-19-33(44)39-35(31)46)13-7-5-3-1-2-4-6-10-23-11-8-14-26-28(23)21-40(36(26)47)30-16-18-32(43)38-34(30)45/h8-9,11-12,14-15,30-31H,1-5,7,13,16-22H2,(H,38,43,45)(H,39,44,46). The lowest BCUT2D eigenvalue weighted by molar-refractivity contribution is -0.138. The number of fused-ring (bicyclic) bond motifs is 2. The van der Waals surface area contributed by atoms with Crippen LogP contribution in [0.25, 0.3) is 0 Å². The van der Waals surface area contributed by atoms with Crippen molar-refractivity contribution in [1.29, 1.82) is 0 Å². The number of carbonyl (C=O) groups excluding carboxylic acids is 7. The molecule has 0 radical (unpaired) electrons. The molecule has 2 unspecified atom stereocenters. The van der Waals surface area contributed by atoms with Crippen molar-refractivity contribution in [2.45, 2.75) is 102 Å². The molecule has 0 spiro atoms. The van der Waals surface area contributed by atoms with E-state index in [1.165, 1.54) is 9.80 Å². The van der Waals surface area contributed by atoms with Gasteiger partial charge >= 0.3 is 0 Å². The van der Waals surface area contributed by atoms with Crippen molar-refractivity contribution in [2.75, 3.05) is 0 Å². The molecule has 0 saturated carbocycles. The maximum atomic E-state index is 13.0. The van der Waals surface area contributed by atoms with E-state index in [9.17, 15) is 33.6 Å². The number of piperidine rings is 2. The van der Waals surface area contributed by atoms with Gasteiger partial charge in [0.05, 0.1) is 0 Å². The summed E-state index contributed by atoms with van der Waals surface area (Å²) >= 11 is 0. The zero-order valence-electron chi connectivity index (χ0n) is 26.8. The van der Waals surface area contributed by atoms with E-state index in [-0.39, 0.29) is 55.2 Å². The molecular formula is C37H38N4O7. The van der Waals surface area contributed by atoms with E-state index in [1.807, 2.05) is 12.1 Å². The van der Waals surface area contributed by atoms with Crippen LogP contribution < -0.4 is 10.6 Å². The van der Waals surface area contributed by atoms with Crippen molar-refractivity contribution < 1.29 is 33.6 Å². The van der Waals surface area contributed by atoms with E-state index in [1.54, 1.807) is 24.3 Å². The fourth-order valence-electron chi connectivity index (χ4n) is 7.04. The Kier molecular flexibility index (Phi) is 9.80. The van der Waals surface area contributed by atoms with Crippen molar-refractivity contribution in [3.63, 3.8) is 0 Å². The Bertz CT molecular complexity index is 1770. The van der Waals surface area contributed by atoms with Crippen molar-refractivity contribution in [2.24, 2.45) is 0 Å². The number of carbonyl (C=O) groups is 7. The van der Waals surface area contributed by atoms with Crippen LogP contribution in [0.4, 0.5) is 0 Å². The number of amides is 6. The third kappa shape index (κ3) is 6.93. The van der Waals surface area contributed by atoms with Crippen LogP contribution in [0, 0.1) is 11.8 Å². The zero-order chi connectivity index (χ0) is 33.8. The predicted octanol–water partition coefficient (Wildman–Crippen LogP) is 3.10. The van der Waals surface area contributed by atoms with E-state index in [4.69, 9.17) is 0 Å². The van der Waals surface area contributed by atoms with Gasteiger partial charge in [0, 0.05) is 61.9 Å². The van der Waals surface area contributed by atoms with Crippen LogP contribution in [-0.2, 0) is 43.5 Å². The van der Waals surface area contributed by atoms with E-state index < -0.39 is 23.9 Å². The summed E-state index contributed by atoms with van der Waals surface area (Å²) in [5.41, 5.74) is 4.29. The Balaban J connectivity index is 0.910. The number of benzene rings is 2. The summed E-state index contributed by atoms with van der Waals surface area (Å²) in [5.74, 6) is 4.58. The Hall–Kier alpha value is -5.11. The number of nitrogens with one attached hydrogen (secondary N) is 2. The van der Waals surface area contributed by atoms with Crippen LogP contribution in [0.1, 0.15) is 114 Å². The molecule has 4 aliphatic heterocycles. The Morgan fingerprint density at radius 3 is 1.92 bits per heavy atom. The Morgan fingerprint density at radius 1 is 0.708 bits per heavy atom. The fraction of sp³-hybridized carbons (Fsp3) is 0.432. The molecule has 11 heteroatoms. The molecule has 248 valence electrons. The molecule has 2 aromatic carbocycles. The van der Waals surface area contributed by atoms with Gasteiger partial charge < -0.3 is 9.80 Å². The van der Waals surface area contributed by atoms with Crippen LogP contribution in [-0.4, -0.2) is 63.1 Å². The second-order valence-electron chi connectivity index (χ2n) is 12.9. The number of hydrogen-bond donors (Lipinski definition) is 2. The molecule has 0 bridgehead atoms. The first-order valence-electron chi connectivity index (χ1n) is 16.7. The number of unbranched alkanes of at least 4 members (excludes halogenated alkanes) is 5. The summed E-state index contributed by atoms with van der Waals surface area (Å²) in [7, 11) is 0. The molecular weight excluding hydrogens is 612 g/mol. The minimum Gasteiger partial charge on any atom is -0.322 e. The summed E-state index contributed by atoms with van der Waals surface area (Å²) in [6.45, 7) is 0.564. The van der Waals surface area contributed by atoms with Gasteiger partial charge in [-0.05, 0) is 60.6 Å². The predicted molar refractivity (Wildman–Crippen MR) is 173 cm³/mol. The molecule has 2 atom stereocenters. The highest BCUT2D eigenvalue weighted by molar-refractivity contribution is 6.06. The van der Waals surface area contributed by atoms with Crippen LogP contribution in [0.5, 0.6) is 0 Å². The van der Waals surface area contributed by atoms with Crippen LogP contribution in [0.15, 0.2) is 36.4 Å². The molecule has 4 aliphatic rings. The lowest BCUT2D eigenvalue weighted by Gasteiger charge is -2.29. The third-order valence-corrected chi connectivity index (χ3v) is 9.63.